The molecule has 2 aromatic heterocycles. The number of hydrogen-bond acceptors (Lipinski definition) is 4. The van der Waals surface area contributed by atoms with Gasteiger partial charge < -0.3 is 10.1 Å². The number of ether oxygens (including phenoxy) is 1. The van der Waals surface area contributed by atoms with E-state index in [1.165, 1.54) is 25.7 Å². The molecule has 2 N–H and O–H groups in total. The first kappa shape index (κ1) is 14.6. The summed E-state index contributed by atoms with van der Waals surface area (Å²) in [5.41, 5.74) is 1.79. The Morgan fingerprint density at radius 3 is 3.00 bits per heavy atom. The highest BCUT2D eigenvalue weighted by Crippen LogP contribution is 2.33. The molecule has 0 unspecified atom stereocenters. The predicted octanol–water partition coefficient (Wildman–Crippen LogP) is 2.65. The van der Waals surface area contributed by atoms with E-state index in [9.17, 15) is 4.79 Å². The fraction of sp³-hybridized carbons (Fsp3) is 0.438. The van der Waals surface area contributed by atoms with Gasteiger partial charge in [0.05, 0.1) is 19.2 Å². The van der Waals surface area contributed by atoms with Crippen LogP contribution in [0.4, 0.5) is 5.82 Å². The fourth-order valence-corrected chi connectivity index (χ4v) is 2.87. The van der Waals surface area contributed by atoms with E-state index in [0.717, 1.165) is 5.69 Å². The Hall–Kier alpha value is -2.37. The second-order valence-corrected chi connectivity index (χ2v) is 5.59. The highest BCUT2D eigenvalue weighted by Gasteiger charge is 2.19. The van der Waals surface area contributed by atoms with Crippen LogP contribution in [0, 0.1) is 0 Å². The van der Waals surface area contributed by atoms with E-state index in [1.54, 1.807) is 19.2 Å². The number of nitrogens with zero attached hydrogens (tertiary/aromatic N) is 2. The van der Waals surface area contributed by atoms with Crippen LogP contribution in [-0.4, -0.2) is 28.2 Å². The van der Waals surface area contributed by atoms with Crippen LogP contribution in [0.15, 0.2) is 24.3 Å². The van der Waals surface area contributed by atoms with Gasteiger partial charge in [0.15, 0.2) is 5.82 Å². The summed E-state index contributed by atoms with van der Waals surface area (Å²) in [6, 6.07) is 7.31. The van der Waals surface area contributed by atoms with Crippen LogP contribution in [0.5, 0.6) is 5.88 Å². The van der Waals surface area contributed by atoms with Crippen molar-refractivity contribution in [2.24, 2.45) is 0 Å². The molecule has 116 valence electrons. The molecule has 22 heavy (non-hydrogen) atoms. The van der Waals surface area contributed by atoms with Gasteiger partial charge in [0, 0.05) is 23.7 Å². The summed E-state index contributed by atoms with van der Waals surface area (Å²) < 4.78 is 5.05. The van der Waals surface area contributed by atoms with Gasteiger partial charge in [0.2, 0.25) is 11.8 Å². The molecule has 1 fully saturated rings. The molecule has 2 aromatic rings. The molecule has 3 rings (SSSR count). The number of carbonyl (C=O) groups excluding carboxylic acids is 1. The number of H-pyrrole nitrogens is 1. The largest absolute Gasteiger partial charge is 0.481 e. The lowest BCUT2D eigenvalue weighted by Gasteiger charge is -2.04. The lowest BCUT2D eigenvalue weighted by Crippen LogP contribution is -2.15. The van der Waals surface area contributed by atoms with Crippen molar-refractivity contribution in [3.05, 3.63) is 35.7 Å². The number of hydrogen-bond donors (Lipinski definition) is 2. The van der Waals surface area contributed by atoms with Crippen molar-refractivity contribution in [2.75, 3.05) is 12.4 Å². The molecule has 0 saturated heterocycles. The Labute approximate surface area is 129 Å². The van der Waals surface area contributed by atoms with E-state index < -0.39 is 0 Å². The Kier molecular flexibility index (Phi) is 4.37. The third-order valence-electron chi connectivity index (χ3n) is 3.99. The van der Waals surface area contributed by atoms with Crippen molar-refractivity contribution in [3.8, 4) is 5.88 Å². The Morgan fingerprint density at radius 1 is 1.41 bits per heavy atom. The summed E-state index contributed by atoms with van der Waals surface area (Å²) in [6.45, 7) is 0. The number of aromatic amines is 1. The zero-order chi connectivity index (χ0) is 15.4. The number of nitrogens with one attached hydrogen (secondary N) is 2. The Balaban J connectivity index is 1.59. The van der Waals surface area contributed by atoms with Gasteiger partial charge in [0.1, 0.15) is 0 Å². The monoisotopic (exact) mass is 300 g/mol. The fourth-order valence-electron chi connectivity index (χ4n) is 2.87. The van der Waals surface area contributed by atoms with E-state index in [4.69, 9.17) is 4.74 Å². The highest BCUT2D eigenvalue weighted by atomic mass is 16.5. The minimum Gasteiger partial charge on any atom is -0.481 e. The van der Waals surface area contributed by atoms with Gasteiger partial charge in [-0.1, -0.05) is 18.9 Å². The smallest absolute Gasteiger partial charge is 0.231 e. The van der Waals surface area contributed by atoms with Gasteiger partial charge in [-0.3, -0.25) is 9.89 Å². The molecule has 6 nitrogen and oxygen atoms in total. The summed E-state index contributed by atoms with van der Waals surface area (Å²) in [4.78, 5) is 16.3. The van der Waals surface area contributed by atoms with Gasteiger partial charge in [-0.05, 0) is 18.9 Å². The number of amides is 1. The van der Waals surface area contributed by atoms with Crippen molar-refractivity contribution >= 4 is 11.7 Å². The zero-order valence-corrected chi connectivity index (χ0v) is 12.6. The maximum Gasteiger partial charge on any atom is 0.231 e. The topological polar surface area (TPSA) is 79.9 Å². The maximum atomic E-state index is 12.1. The third kappa shape index (κ3) is 3.44. The second kappa shape index (κ2) is 6.60. The summed E-state index contributed by atoms with van der Waals surface area (Å²) >= 11 is 0. The van der Waals surface area contributed by atoms with Crippen LogP contribution >= 0.6 is 0 Å². The number of anilines is 1. The maximum absolute atomic E-state index is 12.1. The van der Waals surface area contributed by atoms with Crippen LogP contribution in [0.3, 0.4) is 0 Å². The third-order valence-corrected chi connectivity index (χ3v) is 3.99. The molecule has 0 spiro atoms. The van der Waals surface area contributed by atoms with Gasteiger partial charge >= 0.3 is 0 Å². The van der Waals surface area contributed by atoms with Crippen molar-refractivity contribution in [2.45, 2.75) is 38.0 Å². The summed E-state index contributed by atoms with van der Waals surface area (Å²) in [5.74, 6) is 1.51. The van der Waals surface area contributed by atoms with Gasteiger partial charge in [-0.15, -0.1) is 0 Å². The first-order valence-corrected chi connectivity index (χ1v) is 7.59. The van der Waals surface area contributed by atoms with Crippen LogP contribution in [0.2, 0.25) is 0 Å². The first-order chi connectivity index (χ1) is 10.7. The highest BCUT2D eigenvalue weighted by molar-refractivity contribution is 5.91. The Bertz CT molecular complexity index is 647. The van der Waals surface area contributed by atoms with Gasteiger partial charge in [-0.25, -0.2) is 4.98 Å². The van der Waals surface area contributed by atoms with E-state index in [-0.39, 0.29) is 12.3 Å². The molecule has 1 aliphatic carbocycles. The number of rotatable bonds is 5. The van der Waals surface area contributed by atoms with Crippen molar-refractivity contribution < 1.29 is 9.53 Å². The standard InChI is InChI=1S/C16H20N4O2/c1-22-16-8-4-7-12(17-16)9-15(21)18-14-10-13(19-20-14)11-5-2-3-6-11/h4,7-8,10-11H,2-3,5-6,9H2,1H3,(H2,18,19,20,21). The summed E-state index contributed by atoms with van der Waals surface area (Å²) in [5, 5.41) is 10.0. The molecule has 0 bridgehead atoms. The van der Waals surface area contributed by atoms with Crippen LogP contribution in [-0.2, 0) is 11.2 Å². The number of methoxy groups -OCH3 is 1. The molecule has 1 amide bonds. The average molecular weight is 300 g/mol. The number of pyridine rings is 1. The SMILES string of the molecule is COc1cccc(CC(=O)Nc2cc(C3CCCC3)[nH]n2)n1. The quantitative estimate of drug-likeness (QED) is 0.889. The van der Waals surface area contributed by atoms with E-state index in [2.05, 4.69) is 20.5 Å². The predicted molar refractivity (Wildman–Crippen MR) is 82.9 cm³/mol. The minimum absolute atomic E-state index is 0.134. The molecular weight excluding hydrogens is 280 g/mol. The molecule has 2 heterocycles. The number of carbonyl (C=O) groups is 1. The molecule has 0 aromatic carbocycles. The van der Waals surface area contributed by atoms with Crippen LogP contribution in [0.25, 0.3) is 0 Å². The lowest BCUT2D eigenvalue weighted by atomic mass is 10.0. The number of aromatic nitrogens is 3. The van der Waals surface area contributed by atoms with Gasteiger partial charge in [-0.2, -0.15) is 5.10 Å². The minimum atomic E-state index is -0.134. The molecule has 0 atom stereocenters. The second-order valence-electron chi connectivity index (χ2n) is 5.59. The lowest BCUT2D eigenvalue weighted by molar-refractivity contribution is -0.115. The first-order valence-electron chi connectivity index (χ1n) is 7.59. The average Bonchev–Trinajstić information content (AvgIpc) is 3.18. The van der Waals surface area contributed by atoms with E-state index >= 15 is 0 Å². The molecule has 1 aliphatic rings. The van der Waals surface area contributed by atoms with Crippen molar-refractivity contribution in [1.82, 2.24) is 15.2 Å². The summed E-state index contributed by atoms with van der Waals surface area (Å²) in [7, 11) is 1.56. The zero-order valence-electron chi connectivity index (χ0n) is 12.6. The van der Waals surface area contributed by atoms with Crippen LogP contribution in [0.1, 0.15) is 43.0 Å². The molecular formula is C16H20N4O2. The molecule has 1 saturated carbocycles. The van der Waals surface area contributed by atoms with Crippen molar-refractivity contribution in [3.63, 3.8) is 0 Å². The normalized spacial score (nSPS) is 15.0. The molecule has 0 aliphatic heterocycles. The molecule has 0 radical (unpaired) electrons. The summed E-state index contributed by atoms with van der Waals surface area (Å²) in [6.07, 6.45) is 5.13. The van der Waals surface area contributed by atoms with Gasteiger partial charge in [0.25, 0.3) is 0 Å². The molecule has 6 heteroatoms. The van der Waals surface area contributed by atoms with Crippen molar-refractivity contribution in [1.29, 1.82) is 0 Å². The van der Waals surface area contributed by atoms with E-state index in [0.29, 0.717) is 23.3 Å². The van der Waals surface area contributed by atoms with E-state index in [1.807, 2.05) is 12.1 Å². The van der Waals surface area contributed by atoms with Crippen LogP contribution < -0.4 is 10.1 Å². The Morgan fingerprint density at radius 2 is 2.23 bits per heavy atom.